The van der Waals surface area contributed by atoms with Gasteiger partial charge in [-0.1, -0.05) is 49.4 Å². The van der Waals surface area contributed by atoms with E-state index in [2.05, 4.69) is 6.92 Å². The molecule has 0 bridgehead atoms. The van der Waals surface area contributed by atoms with Gasteiger partial charge in [0.25, 0.3) is 0 Å². The first-order chi connectivity index (χ1) is 8.11. The molecule has 2 rings (SSSR count). The Morgan fingerprint density at radius 1 is 1.47 bits per heavy atom. The highest BCUT2D eigenvalue weighted by atomic mass is 35.5. The number of thiophene rings is 1. The van der Waals surface area contributed by atoms with Gasteiger partial charge in [0.2, 0.25) is 0 Å². The predicted molar refractivity (Wildman–Crippen MR) is 74.4 cm³/mol. The molecule has 0 aliphatic heterocycles. The normalized spacial score (nSPS) is 24.9. The van der Waals surface area contributed by atoms with E-state index in [4.69, 9.17) is 23.2 Å². The molecule has 0 saturated heterocycles. The first-order valence-corrected chi connectivity index (χ1v) is 7.68. The van der Waals surface area contributed by atoms with Crippen molar-refractivity contribution in [1.29, 1.82) is 0 Å². The lowest BCUT2D eigenvalue weighted by Gasteiger charge is -2.27. The summed E-state index contributed by atoms with van der Waals surface area (Å²) < 4.78 is 1.14. The molecule has 2 atom stereocenters. The lowest BCUT2D eigenvalue weighted by atomic mass is 9.77. The van der Waals surface area contributed by atoms with Gasteiger partial charge in [0.05, 0.1) is 4.34 Å². The van der Waals surface area contributed by atoms with E-state index in [-0.39, 0.29) is 11.7 Å². The van der Waals surface area contributed by atoms with Gasteiger partial charge in [-0.25, -0.2) is 0 Å². The summed E-state index contributed by atoms with van der Waals surface area (Å²) in [5.41, 5.74) is 0.628. The molecule has 1 heterocycles. The molecule has 0 aromatic carbocycles. The molecule has 4 heteroatoms. The van der Waals surface area contributed by atoms with Crippen LogP contribution in [0, 0.1) is 11.8 Å². The highest BCUT2D eigenvalue weighted by molar-refractivity contribution is 7.20. The highest BCUT2D eigenvalue weighted by Gasteiger charge is 2.28. The Labute approximate surface area is 116 Å². The second kappa shape index (κ2) is 5.73. The average molecular weight is 291 g/mol. The Morgan fingerprint density at radius 3 is 2.82 bits per heavy atom. The van der Waals surface area contributed by atoms with Crippen LogP contribution >= 0.6 is 34.5 Å². The van der Waals surface area contributed by atoms with E-state index < -0.39 is 0 Å². The first kappa shape index (κ1) is 13.4. The Kier molecular flexibility index (Phi) is 4.51. The summed E-state index contributed by atoms with van der Waals surface area (Å²) in [4.78, 5) is 12.4. The molecule has 17 heavy (non-hydrogen) atoms. The number of hydrogen-bond acceptors (Lipinski definition) is 2. The molecule has 1 fully saturated rings. The lowest BCUT2D eigenvalue weighted by molar-refractivity contribution is 0.0862. The van der Waals surface area contributed by atoms with Crippen LogP contribution in [0.25, 0.3) is 0 Å². The van der Waals surface area contributed by atoms with E-state index in [0.717, 1.165) is 19.3 Å². The zero-order valence-electron chi connectivity index (χ0n) is 9.84. The van der Waals surface area contributed by atoms with Gasteiger partial charge in [0.15, 0.2) is 5.78 Å². The topological polar surface area (TPSA) is 17.1 Å². The fourth-order valence-electron chi connectivity index (χ4n) is 2.63. The third kappa shape index (κ3) is 3.04. The van der Waals surface area contributed by atoms with Crippen molar-refractivity contribution in [2.24, 2.45) is 11.8 Å². The molecule has 2 unspecified atom stereocenters. The fourth-order valence-corrected chi connectivity index (χ4v) is 4.10. The van der Waals surface area contributed by atoms with E-state index in [0.29, 0.717) is 20.2 Å². The number of ketones is 1. The van der Waals surface area contributed by atoms with Crippen LogP contribution in [0.1, 0.15) is 49.4 Å². The van der Waals surface area contributed by atoms with Crippen LogP contribution in [0.5, 0.6) is 0 Å². The van der Waals surface area contributed by atoms with Crippen molar-refractivity contribution < 1.29 is 4.79 Å². The standard InChI is InChI=1S/C13H16Cl2OS/c1-2-8-4-3-5-9(6-8)12(16)10-7-11(14)17-13(10)15/h7-9H,2-6H2,1H3. The summed E-state index contributed by atoms with van der Waals surface area (Å²) >= 11 is 13.2. The van der Waals surface area contributed by atoms with E-state index in [1.165, 1.54) is 24.2 Å². The summed E-state index contributed by atoms with van der Waals surface area (Å²) in [7, 11) is 0. The van der Waals surface area contributed by atoms with Gasteiger partial charge < -0.3 is 0 Å². The zero-order valence-corrected chi connectivity index (χ0v) is 12.2. The van der Waals surface area contributed by atoms with E-state index >= 15 is 0 Å². The summed E-state index contributed by atoms with van der Waals surface area (Å²) in [6.07, 6.45) is 5.60. The SMILES string of the molecule is CCC1CCCC(C(=O)c2cc(Cl)sc2Cl)C1. The molecule has 1 aromatic rings. The summed E-state index contributed by atoms with van der Waals surface area (Å²) in [6.45, 7) is 2.20. The van der Waals surface area contributed by atoms with Crippen LogP contribution in [0.3, 0.4) is 0 Å². The van der Waals surface area contributed by atoms with Crippen LogP contribution in [0.4, 0.5) is 0 Å². The van der Waals surface area contributed by atoms with Crippen LogP contribution in [0.15, 0.2) is 6.07 Å². The van der Waals surface area contributed by atoms with Crippen molar-refractivity contribution in [1.82, 2.24) is 0 Å². The summed E-state index contributed by atoms with van der Waals surface area (Å²) in [6, 6.07) is 1.71. The molecular weight excluding hydrogens is 275 g/mol. The van der Waals surface area contributed by atoms with Crippen molar-refractivity contribution in [2.45, 2.75) is 39.0 Å². The van der Waals surface area contributed by atoms with Gasteiger partial charge in [0, 0.05) is 11.5 Å². The molecule has 1 saturated carbocycles. The molecule has 0 amide bonds. The molecule has 0 N–H and O–H groups in total. The fraction of sp³-hybridized carbons (Fsp3) is 0.615. The van der Waals surface area contributed by atoms with E-state index in [1.807, 2.05) is 0 Å². The number of Topliss-reactive ketones (excluding diaryl/α,β-unsaturated/α-hetero) is 1. The van der Waals surface area contributed by atoms with Crippen molar-refractivity contribution in [2.75, 3.05) is 0 Å². The minimum absolute atomic E-state index is 0.150. The van der Waals surface area contributed by atoms with Crippen LogP contribution in [-0.4, -0.2) is 5.78 Å². The first-order valence-electron chi connectivity index (χ1n) is 6.10. The van der Waals surface area contributed by atoms with Crippen LogP contribution < -0.4 is 0 Å². The van der Waals surface area contributed by atoms with Gasteiger partial charge in [-0.15, -0.1) is 11.3 Å². The molecule has 0 spiro atoms. The Morgan fingerprint density at radius 2 is 2.24 bits per heavy atom. The van der Waals surface area contributed by atoms with Crippen molar-refractivity contribution in [3.63, 3.8) is 0 Å². The summed E-state index contributed by atoms with van der Waals surface area (Å²) in [5, 5.41) is 0. The smallest absolute Gasteiger partial charge is 0.168 e. The molecule has 1 aliphatic rings. The van der Waals surface area contributed by atoms with E-state index in [1.54, 1.807) is 6.07 Å². The summed E-state index contributed by atoms with van der Waals surface area (Å²) in [5.74, 6) is 1.04. The largest absolute Gasteiger partial charge is 0.294 e. The molecule has 0 radical (unpaired) electrons. The number of rotatable bonds is 3. The molecule has 94 valence electrons. The highest BCUT2D eigenvalue weighted by Crippen LogP contribution is 2.37. The maximum atomic E-state index is 12.4. The lowest BCUT2D eigenvalue weighted by Crippen LogP contribution is -2.22. The van der Waals surface area contributed by atoms with Crippen LogP contribution in [-0.2, 0) is 0 Å². The van der Waals surface area contributed by atoms with Crippen molar-refractivity contribution >= 4 is 40.3 Å². The van der Waals surface area contributed by atoms with Crippen LogP contribution in [0.2, 0.25) is 8.67 Å². The second-order valence-corrected chi connectivity index (χ2v) is 7.03. The molecule has 1 aliphatic carbocycles. The van der Waals surface area contributed by atoms with Gasteiger partial charge in [-0.05, 0) is 24.8 Å². The maximum Gasteiger partial charge on any atom is 0.168 e. The van der Waals surface area contributed by atoms with Gasteiger partial charge in [-0.3, -0.25) is 4.79 Å². The Hall–Kier alpha value is -0.0500. The minimum atomic E-state index is 0.150. The number of halogens is 2. The third-order valence-corrected chi connectivity index (χ3v) is 5.14. The maximum absolute atomic E-state index is 12.4. The average Bonchev–Trinajstić information content (AvgIpc) is 2.67. The van der Waals surface area contributed by atoms with E-state index in [9.17, 15) is 4.79 Å². The number of carbonyl (C=O) groups is 1. The zero-order chi connectivity index (χ0) is 12.4. The minimum Gasteiger partial charge on any atom is -0.294 e. The quantitative estimate of drug-likeness (QED) is 0.676. The van der Waals surface area contributed by atoms with Crippen molar-refractivity contribution in [3.05, 3.63) is 20.3 Å². The third-order valence-electron chi connectivity index (χ3n) is 3.65. The Bertz CT molecular complexity index is 414. The second-order valence-electron chi connectivity index (χ2n) is 4.74. The molecular formula is C13H16Cl2OS. The van der Waals surface area contributed by atoms with Gasteiger partial charge in [-0.2, -0.15) is 0 Å². The molecule has 1 aromatic heterocycles. The number of hydrogen-bond donors (Lipinski definition) is 0. The predicted octanol–water partition coefficient (Wildman–Crippen LogP) is 5.45. The van der Waals surface area contributed by atoms with Crippen molar-refractivity contribution in [3.8, 4) is 0 Å². The number of carbonyl (C=O) groups excluding carboxylic acids is 1. The Balaban J connectivity index is 2.12. The van der Waals surface area contributed by atoms with Gasteiger partial charge >= 0.3 is 0 Å². The monoisotopic (exact) mass is 290 g/mol. The van der Waals surface area contributed by atoms with Gasteiger partial charge in [0.1, 0.15) is 4.34 Å². The molecule has 1 nitrogen and oxygen atoms in total.